The molecule has 0 aliphatic carbocycles. The number of rotatable bonds is 15. The molecule has 2 heterocycles. The Morgan fingerprint density at radius 1 is 0.395 bits per heavy atom. The molecule has 3 aromatic carbocycles. The monoisotopic (exact) mass is 1720 g/mol. The van der Waals surface area contributed by atoms with Crippen LogP contribution in [-0.2, 0) is 67.1 Å². The molecule has 119 heavy (non-hydrogen) atoms. The molecular weight excluding hydrogens is 1580 g/mol. The minimum absolute atomic E-state index is 0.0872. The van der Waals surface area contributed by atoms with E-state index in [0.29, 0.717) is 57.2 Å². The summed E-state index contributed by atoms with van der Waals surface area (Å²) < 4.78 is 41.6. The highest BCUT2D eigenvalue weighted by Crippen LogP contribution is 2.24. The molecule has 3 aromatic rings. The Bertz CT molecular complexity index is 3620. The SMILES string of the molecule is CC(C)(C)OC(=O)NN.CC(C)(C)OC(=O)NNCc1ccccc1.CC(C)C(NC(=O)N(Cc1ccccc1)NC(=O)OC(C)(C)C)C(=O)OC(C)(C)C.CC(C)C(NC(=O)N1CCCN1C(=O)OC(C)(C)C)C(=O)OC(C)(C)C.CCSC(=O)N(Cc1ccccc1)NC(=O)OC(C)(C)C.CCSC(=O)N1CCCN1C(=O)OC(C)(C)C. The summed E-state index contributed by atoms with van der Waals surface area (Å²) in [7, 11) is 0. The average molecular weight is 1720 g/mol. The number of ether oxygens (including phenoxy) is 8. The van der Waals surface area contributed by atoms with Gasteiger partial charge in [0.1, 0.15) is 56.9 Å². The number of thioether (sulfide) groups is 2. The second-order valence-electron chi connectivity index (χ2n) is 35.5. The zero-order valence-electron chi connectivity index (χ0n) is 76.0. The number of amides is 12. The number of benzene rings is 3. The van der Waals surface area contributed by atoms with E-state index >= 15 is 0 Å². The maximum atomic E-state index is 13.0. The predicted molar refractivity (Wildman–Crippen MR) is 461 cm³/mol. The molecule has 2 aliphatic rings. The first kappa shape index (κ1) is 109. The molecule has 2 aliphatic heterocycles. The van der Waals surface area contributed by atoms with Crippen LogP contribution in [0.2, 0.25) is 0 Å². The number of hydrogen-bond acceptors (Lipinski definition) is 24. The summed E-state index contributed by atoms with van der Waals surface area (Å²) in [6.07, 6.45) is -2.06. The fourth-order valence-electron chi connectivity index (χ4n) is 9.27. The van der Waals surface area contributed by atoms with Crippen molar-refractivity contribution in [2.75, 3.05) is 37.7 Å². The molecule has 2 atom stereocenters. The molecule has 2 fully saturated rings. The third-order valence-electron chi connectivity index (χ3n) is 13.8. The molecule has 0 saturated carbocycles. The molecule has 34 nitrogen and oxygen atoms in total. The lowest BCUT2D eigenvalue weighted by atomic mass is 10.0. The van der Waals surface area contributed by atoms with Crippen molar-refractivity contribution in [3.8, 4) is 0 Å². The summed E-state index contributed by atoms with van der Waals surface area (Å²) in [6, 6.07) is 25.6. The van der Waals surface area contributed by atoms with Gasteiger partial charge in [-0.2, -0.15) is 0 Å². The van der Waals surface area contributed by atoms with Crippen molar-refractivity contribution in [2.24, 2.45) is 17.7 Å². The summed E-state index contributed by atoms with van der Waals surface area (Å²) in [5, 5.41) is 12.9. The van der Waals surface area contributed by atoms with Crippen LogP contribution >= 0.6 is 23.5 Å². The number of nitrogens with one attached hydrogen (secondary N) is 7. The Balaban J connectivity index is 0.00000145. The number of urea groups is 2. The normalized spacial score (nSPS) is 13.3. The third kappa shape index (κ3) is 52.8. The molecule has 2 saturated heterocycles. The first-order chi connectivity index (χ1) is 54.5. The molecule has 2 unspecified atom stereocenters. The first-order valence-corrected chi connectivity index (χ1v) is 41.5. The standard InChI is InChI=1S/C22H35N3O5.C18H33N3O5.C15H22N2O3S.C12H18N2O2.C11H20N2O3S.C5H12N2O2/c1-15(2)17(18(26)29-21(3,4)5)23-19(27)25(14-16-12-10-9-11-13-16)24-20(28)30-22(6,7)8;1-12(2)13(14(22)25-17(3,4)5)19-15(23)20-10-9-11-21(20)16(24)26-18(6,7)8;1-5-21-14(19)17(11-12-9-7-6-8-10-12)16-13(18)20-15(2,3)4;1-12(2,3)16-11(15)14-13-9-10-7-5-4-6-8-10;1-5-17-10(15)13-8-6-7-12(13)9(14)16-11(2,3)4;1-5(2,3)9-4(8)7-6/h9-13,15,17H,14H2,1-8H3,(H,23,27)(H,24,28);12-13H,9-11H2,1-8H3,(H,19,23);6-10H,5,11H2,1-4H3,(H,16,18);4-8,13H,9H2,1-3H3,(H,14,15);5-8H2,1-4H3;6H2,1-3H3,(H,7,8). The highest BCUT2D eigenvalue weighted by atomic mass is 32.2. The number of hydrogen-bond donors (Lipinski definition) is 8. The Labute approximate surface area is 714 Å². The van der Waals surface area contributed by atoms with Crippen molar-refractivity contribution in [2.45, 2.75) is 297 Å². The van der Waals surface area contributed by atoms with Crippen LogP contribution in [0.15, 0.2) is 91.0 Å². The van der Waals surface area contributed by atoms with Crippen molar-refractivity contribution >= 4 is 94.6 Å². The highest BCUT2D eigenvalue weighted by molar-refractivity contribution is 8.13. The van der Waals surface area contributed by atoms with Gasteiger partial charge in [0.2, 0.25) is 0 Å². The fraction of sp³-hybridized carbons (Fsp3) is 0.639. The van der Waals surface area contributed by atoms with E-state index in [0.717, 1.165) is 39.9 Å². The smallest absolute Gasteiger partial charge is 0.429 e. The van der Waals surface area contributed by atoms with Gasteiger partial charge in [0.05, 0.1) is 13.1 Å². The summed E-state index contributed by atoms with van der Waals surface area (Å²) in [5.41, 5.74) is 10.1. The quantitative estimate of drug-likeness (QED) is 0.0230. The van der Waals surface area contributed by atoms with Gasteiger partial charge in [0.15, 0.2) is 0 Å². The van der Waals surface area contributed by atoms with E-state index in [2.05, 4.69) is 32.3 Å². The lowest BCUT2D eigenvalue weighted by molar-refractivity contribution is -0.159. The molecule has 36 heteroatoms. The second kappa shape index (κ2) is 51.1. The zero-order valence-corrected chi connectivity index (χ0v) is 77.6. The second-order valence-corrected chi connectivity index (χ2v) is 37.9. The van der Waals surface area contributed by atoms with Gasteiger partial charge in [-0.1, -0.05) is 156 Å². The summed E-state index contributed by atoms with van der Waals surface area (Å²) >= 11 is 2.34. The van der Waals surface area contributed by atoms with Gasteiger partial charge in [0, 0.05) is 32.7 Å². The van der Waals surface area contributed by atoms with E-state index in [4.69, 9.17) is 43.7 Å². The van der Waals surface area contributed by atoms with Crippen molar-refractivity contribution in [1.29, 1.82) is 0 Å². The van der Waals surface area contributed by atoms with E-state index in [9.17, 15) is 57.5 Å². The molecule has 0 radical (unpaired) electrons. The van der Waals surface area contributed by atoms with Crippen molar-refractivity contribution in [3.63, 3.8) is 0 Å². The number of nitrogens with zero attached hydrogens (tertiary/aromatic N) is 6. The van der Waals surface area contributed by atoms with E-state index in [1.54, 1.807) is 138 Å². The van der Waals surface area contributed by atoms with Crippen LogP contribution in [0, 0.1) is 11.8 Å². The van der Waals surface area contributed by atoms with Gasteiger partial charge >= 0.3 is 65.8 Å². The van der Waals surface area contributed by atoms with Gasteiger partial charge in [-0.25, -0.2) is 100 Å². The van der Waals surface area contributed by atoms with Gasteiger partial charge in [0.25, 0.3) is 5.24 Å². The molecule has 12 amide bonds. The lowest BCUT2D eigenvalue weighted by Crippen LogP contribution is -2.56. The Kier molecular flexibility index (Phi) is 46.9. The van der Waals surface area contributed by atoms with Crippen LogP contribution in [0.5, 0.6) is 0 Å². The molecular formula is C83H140N14O20S2. The van der Waals surface area contributed by atoms with Crippen molar-refractivity contribution < 1.29 is 95.4 Å². The molecule has 674 valence electrons. The maximum Gasteiger partial charge on any atom is 0.429 e. The van der Waals surface area contributed by atoms with Crippen molar-refractivity contribution in [1.82, 2.24) is 67.8 Å². The van der Waals surface area contributed by atoms with Crippen LogP contribution in [0.1, 0.15) is 237 Å². The third-order valence-corrected chi connectivity index (χ3v) is 15.3. The van der Waals surface area contributed by atoms with E-state index in [-0.39, 0.29) is 28.9 Å². The van der Waals surface area contributed by atoms with Crippen LogP contribution in [-0.4, -0.2) is 196 Å². The minimum atomic E-state index is -0.879. The number of hydrazine groups is 6. The van der Waals surface area contributed by atoms with Gasteiger partial charge in [-0.15, -0.1) is 0 Å². The fourth-order valence-corrected chi connectivity index (χ4v) is 10.4. The van der Waals surface area contributed by atoms with Crippen LogP contribution in [0.25, 0.3) is 0 Å². The van der Waals surface area contributed by atoms with Gasteiger partial charge in [-0.05, 0) is 219 Å². The topological polar surface area (TPSA) is 408 Å². The minimum Gasteiger partial charge on any atom is -0.458 e. The molecule has 9 N–H and O–H groups in total. The maximum absolute atomic E-state index is 13.0. The molecule has 5 rings (SSSR count). The van der Waals surface area contributed by atoms with Crippen LogP contribution < -0.4 is 43.6 Å². The van der Waals surface area contributed by atoms with Gasteiger partial charge in [-0.3, -0.25) is 20.4 Å². The first-order valence-electron chi connectivity index (χ1n) is 39.5. The summed E-state index contributed by atoms with van der Waals surface area (Å²) in [6.45, 7) is 56.5. The largest absolute Gasteiger partial charge is 0.458 e. The average Bonchev–Trinajstić information content (AvgIpc) is 1.75. The van der Waals surface area contributed by atoms with E-state index < -0.39 is 117 Å². The van der Waals surface area contributed by atoms with E-state index in [1.165, 1.54) is 36.8 Å². The molecule has 0 bridgehead atoms. The Morgan fingerprint density at radius 2 is 0.714 bits per heavy atom. The number of carbonyl (C=O) groups is 12. The zero-order chi connectivity index (χ0) is 91.8. The van der Waals surface area contributed by atoms with Crippen LogP contribution in [0.3, 0.4) is 0 Å². The molecule has 0 spiro atoms. The summed E-state index contributed by atoms with van der Waals surface area (Å²) in [5.74, 6) is 4.68. The summed E-state index contributed by atoms with van der Waals surface area (Å²) in [4.78, 5) is 144. The van der Waals surface area contributed by atoms with Gasteiger partial charge < -0.3 is 48.5 Å². The lowest BCUT2D eigenvalue weighted by Gasteiger charge is -2.32. The van der Waals surface area contributed by atoms with Crippen LogP contribution in [0.4, 0.5) is 47.9 Å². The predicted octanol–water partition coefficient (Wildman–Crippen LogP) is 16.0. The molecule has 0 aromatic heterocycles. The number of carbonyl (C=O) groups excluding carboxylic acids is 12. The van der Waals surface area contributed by atoms with Crippen molar-refractivity contribution in [3.05, 3.63) is 108 Å². The van der Waals surface area contributed by atoms with E-state index in [1.807, 2.05) is 166 Å². The highest BCUT2D eigenvalue weighted by Gasteiger charge is 2.39. The Hall–Kier alpha value is -9.68. The number of esters is 2. The number of nitrogens with two attached hydrogens (primary N) is 1. The Morgan fingerprint density at radius 3 is 1.07 bits per heavy atom.